The number of barbiturate groups is 1. The highest BCUT2D eigenvalue weighted by Crippen LogP contribution is 2.35. The van der Waals surface area contributed by atoms with Crippen molar-refractivity contribution >= 4 is 29.2 Å². The van der Waals surface area contributed by atoms with Crippen molar-refractivity contribution < 1.29 is 40.7 Å². The van der Waals surface area contributed by atoms with Crippen LogP contribution in [0.25, 0.3) is 0 Å². The number of carbonyl (C=O) groups is 3. The number of hydrogen-bond donors (Lipinski definition) is 0. The molecule has 5 nitrogen and oxygen atoms in total. The fourth-order valence-electron chi connectivity index (χ4n) is 2.75. The molecule has 1 fully saturated rings. The van der Waals surface area contributed by atoms with Crippen molar-refractivity contribution in [3.8, 4) is 0 Å². The molecule has 4 amide bonds. The summed E-state index contributed by atoms with van der Waals surface area (Å²) in [6.07, 6.45) is -10.4. The highest BCUT2D eigenvalue weighted by molar-refractivity contribution is 6.35. The van der Waals surface area contributed by atoms with Gasteiger partial charge in [-0.15, -0.1) is 0 Å². The lowest BCUT2D eigenvalue weighted by Gasteiger charge is -2.33. The summed E-state index contributed by atoms with van der Waals surface area (Å²) >= 11 is 0. The zero-order valence-electron chi connectivity index (χ0n) is 14.2. The predicted octanol–water partition coefficient (Wildman–Crippen LogP) is 4.61. The van der Waals surface area contributed by atoms with Crippen LogP contribution >= 0.6 is 0 Å². The van der Waals surface area contributed by atoms with Gasteiger partial charge in [-0.2, -0.15) is 26.3 Å². The second kappa shape index (κ2) is 6.90. The Labute approximate surface area is 159 Å². The number of carbonyl (C=O) groups excluding carboxylic acids is 3. The molecular weight excluding hydrogens is 406 g/mol. The topological polar surface area (TPSA) is 57.7 Å². The van der Waals surface area contributed by atoms with Crippen LogP contribution in [0.3, 0.4) is 0 Å². The normalized spacial score (nSPS) is 15.9. The van der Waals surface area contributed by atoms with Gasteiger partial charge < -0.3 is 0 Å². The lowest BCUT2D eigenvalue weighted by Crippen LogP contribution is -2.55. The van der Waals surface area contributed by atoms with Gasteiger partial charge in [0.2, 0.25) is 11.8 Å². The number of alkyl halides is 6. The predicted molar refractivity (Wildman–Crippen MR) is 87.9 cm³/mol. The number of halogens is 6. The van der Waals surface area contributed by atoms with Crippen molar-refractivity contribution in [2.75, 3.05) is 9.80 Å². The quantitative estimate of drug-likeness (QED) is 0.531. The van der Waals surface area contributed by atoms with Gasteiger partial charge in [-0.1, -0.05) is 12.1 Å². The van der Waals surface area contributed by atoms with Crippen LogP contribution in [0.2, 0.25) is 0 Å². The minimum Gasteiger partial charge on any atom is -0.273 e. The molecule has 0 unspecified atom stereocenters. The van der Waals surface area contributed by atoms with E-state index in [9.17, 15) is 40.7 Å². The Morgan fingerprint density at radius 2 is 1.03 bits per heavy atom. The third-order valence-corrected chi connectivity index (χ3v) is 4.05. The van der Waals surface area contributed by atoms with Crippen molar-refractivity contribution in [1.29, 1.82) is 0 Å². The van der Waals surface area contributed by atoms with Crippen LogP contribution in [-0.2, 0) is 21.9 Å². The van der Waals surface area contributed by atoms with Gasteiger partial charge in [-0.25, -0.2) is 14.6 Å². The minimum atomic E-state index is -4.76. The Kier molecular flexibility index (Phi) is 4.85. The fraction of sp³-hybridized carbons (Fsp3) is 0.167. The van der Waals surface area contributed by atoms with Crippen molar-refractivity contribution in [2.45, 2.75) is 18.8 Å². The number of nitrogens with zero attached hydrogens (tertiary/aromatic N) is 2. The summed E-state index contributed by atoms with van der Waals surface area (Å²) in [4.78, 5) is 37.7. The monoisotopic (exact) mass is 416 g/mol. The van der Waals surface area contributed by atoms with Crippen LogP contribution in [0.15, 0.2) is 48.5 Å². The van der Waals surface area contributed by atoms with Crippen LogP contribution in [-0.4, -0.2) is 17.8 Å². The molecule has 2 aromatic rings. The average Bonchev–Trinajstić information content (AvgIpc) is 2.60. The maximum absolute atomic E-state index is 12.9. The van der Waals surface area contributed by atoms with E-state index in [2.05, 4.69) is 0 Å². The van der Waals surface area contributed by atoms with Crippen LogP contribution in [0.1, 0.15) is 17.5 Å². The molecule has 1 aliphatic rings. The molecule has 0 atom stereocenters. The first-order valence-electron chi connectivity index (χ1n) is 7.94. The SMILES string of the molecule is O=C1CC(=O)N(c2cccc(C(F)(F)F)c2)C(=O)N1c1cccc(C(F)(F)F)c1. The van der Waals surface area contributed by atoms with E-state index in [0.717, 1.165) is 36.4 Å². The first kappa shape index (κ1) is 20.4. The molecule has 0 radical (unpaired) electrons. The van der Waals surface area contributed by atoms with Gasteiger partial charge in [-0.3, -0.25) is 9.59 Å². The molecule has 29 heavy (non-hydrogen) atoms. The molecule has 0 aromatic heterocycles. The van der Waals surface area contributed by atoms with E-state index in [1.54, 1.807) is 0 Å². The molecule has 11 heteroatoms. The first-order valence-corrected chi connectivity index (χ1v) is 7.94. The van der Waals surface area contributed by atoms with Crippen molar-refractivity contribution in [2.24, 2.45) is 0 Å². The Morgan fingerprint density at radius 1 is 0.655 bits per heavy atom. The Bertz CT molecular complexity index is 922. The average molecular weight is 416 g/mol. The molecule has 0 bridgehead atoms. The Hall–Kier alpha value is -3.37. The van der Waals surface area contributed by atoms with E-state index >= 15 is 0 Å². The van der Waals surface area contributed by atoms with Gasteiger partial charge in [0.05, 0.1) is 22.5 Å². The molecule has 0 saturated carbocycles. The van der Waals surface area contributed by atoms with Gasteiger partial charge in [-0.05, 0) is 36.4 Å². The number of benzene rings is 2. The van der Waals surface area contributed by atoms with Gasteiger partial charge in [0.15, 0.2) is 0 Å². The maximum atomic E-state index is 12.9. The second-order valence-electron chi connectivity index (χ2n) is 6.01. The van der Waals surface area contributed by atoms with Crippen molar-refractivity contribution in [3.05, 3.63) is 59.7 Å². The van der Waals surface area contributed by atoms with Crippen molar-refractivity contribution in [3.63, 3.8) is 0 Å². The van der Waals surface area contributed by atoms with Crippen LogP contribution in [0.5, 0.6) is 0 Å². The third-order valence-electron chi connectivity index (χ3n) is 4.05. The zero-order valence-corrected chi connectivity index (χ0v) is 14.2. The molecule has 3 rings (SSSR count). The Morgan fingerprint density at radius 3 is 1.38 bits per heavy atom. The smallest absolute Gasteiger partial charge is 0.273 e. The van der Waals surface area contributed by atoms with E-state index in [-0.39, 0.29) is 0 Å². The summed E-state index contributed by atoms with van der Waals surface area (Å²) in [7, 11) is 0. The number of anilines is 2. The van der Waals surface area contributed by atoms with E-state index in [4.69, 9.17) is 0 Å². The number of imide groups is 2. The second-order valence-corrected chi connectivity index (χ2v) is 6.01. The molecule has 0 aliphatic carbocycles. The van der Waals surface area contributed by atoms with Crippen LogP contribution in [0.4, 0.5) is 42.5 Å². The van der Waals surface area contributed by atoms with Crippen LogP contribution in [0, 0.1) is 0 Å². The van der Waals surface area contributed by atoms with Crippen LogP contribution < -0.4 is 9.80 Å². The number of urea groups is 1. The first-order chi connectivity index (χ1) is 13.4. The largest absolute Gasteiger partial charge is 0.416 e. The maximum Gasteiger partial charge on any atom is 0.416 e. The van der Waals surface area contributed by atoms with E-state index in [1.165, 1.54) is 0 Å². The lowest BCUT2D eigenvalue weighted by atomic mass is 10.1. The summed E-state index contributed by atoms with van der Waals surface area (Å²) in [6.45, 7) is 0. The molecule has 0 N–H and O–H groups in total. The molecule has 1 heterocycles. The summed E-state index contributed by atoms with van der Waals surface area (Å²) in [5.74, 6) is -2.19. The third kappa shape index (κ3) is 3.93. The van der Waals surface area contributed by atoms with Gasteiger partial charge in [0.25, 0.3) is 0 Å². The molecule has 152 valence electrons. The summed E-state index contributed by atoms with van der Waals surface area (Å²) in [6, 6.07) is 5.16. The number of rotatable bonds is 2. The van der Waals surface area contributed by atoms with E-state index in [1.807, 2.05) is 0 Å². The summed E-state index contributed by atoms with van der Waals surface area (Å²) in [5, 5.41) is 0. The fourth-order valence-corrected chi connectivity index (χ4v) is 2.75. The standard InChI is InChI=1S/C18H10F6N2O3/c19-17(20,21)10-3-1-5-12(7-10)25-14(27)9-15(28)26(16(25)29)13-6-2-4-11(8-13)18(22,23)24/h1-8H,9H2. The summed E-state index contributed by atoms with van der Waals surface area (Å²) in [5.41, 5.74) is -3.20. The molecule has 1 aliphatic heterocycles. The highest BCUT2D eigenvalue weighted by Gasteiger charge is 2.41. The minimum absolute atomic E-state index is 0.330. The van der Waals surface area contributed by atoms with E-state index in [0.29, 0.717) is 21.9 Å². The molecule has 2 aromatic carbocycles. The van der Waals surface area contributed by atoms with Gasteiger partial charge in [0, 0.05) is 0 Å². The lowest BCUT2D eigenvalue weighted by molar-refractivity contribution is -0.138. The zero-order chi connectivity index (χ0) is 21.6. The molecule has 0 spiro atoms. The highest BCUT2D eigenvalue weighted by atomic mass is 19.4. The molecular formula is C18H10F6N2O3. The van der Waals surface area contributed by atoms with Gasteiger partial charge in [0.1, 0.15) is 6.42 Å². The van der Waals surface area contributed by atoms with Gasteiger partial charge >= 0.3 is 18.4 Å². The number of amides is 4. The Balaban J connectivity index is 2.04. The molecule has 1 saturated heterocycles. The van der Waals surface area contributed by atoms with Crippen molar-refractivity contribution in [1.82, 2.24) is 0 Å². The number of hydrogen-bond acceptors (Lipinski definition) is 3. The summed E-state index contributed by atoms with van der Waals surface area (Å²) < 4.78 is 77.6. The van der Waals surface area contributed by atoms with E-state index < -0.39 is 59.1 Å².